The zero-order valence-electron chi connectivity index (χ0n) is 9.34. The molecule has 2 N–H and O–H groups in total. The Bertz CT molecular complexity index is 513. The minimum absolute atomic E-state index is 0.213. The number of amides is 1. The van der Waals surface area contributed by atoms with Gasteiger partial charge in [0.1, 0.15) is 5.82 Å². The van der Waals surface area contributed by atoms with E-state index in [-0.39, 0.29) is 5.91 Å². The van der Waals surface area contributed by atoms with E-state index in [0.29, 0.717) is 17.1 Å². The molecule has 0 aliphatic heterocycles. The molecule has 0 atom stereocenters. The second-order valence-electron chi connectivity index (χ2n) is 3.34. The van der Waals surface area contributed by atoms with Crippen molar-refractivity contribution in [3.05, 3.63) is 48.4 Å². The van der Waals surface area contributed by atoms with E-state index >= 15 is 0 Å². The fourth-order valence-corrected chi connectivity index (χ4v) is 1.41. The van der Waals surface area contributed by atoms with Crippen molar-refractivity contribution in [1.82, 2.24) is 9.97 Å². The molecule has 0 saturated heterocycles. The van der Waals surface area contributed by atoms with Crippen LogP contribution in [0.2, 0.25) is 0 Å². The van der Waals surface area contributed by atoms with Crippen LogP contribution in [0.4, 0.5) is 11.5 Å². The van der Waals surface area contributed by atoms with E-state index in [2.05, 4.69) is 20.6 Å². The molecule has 0 aliphatic carbocycles. The average molecular weight is 228 g/mol. The molecule has 2 aromatic rings. The van der Waals surface area contributed by atoms with Gasteiger partial charge in [0.15, 0.2) is 0 Å². The maximum Gasteiger partial charge on any atom is 0.259 e. The van der Waals surface area contributed by atoms with Crippen LogP contribution in [0, 0.1) is 0 Å². The number of aromatic nitrogens is 2. The van der Waals surface area contributed by atoms with Gasteiger partial charge in [-0.25, -0.2) is 4.98 Å². The lowest BCUT2D eigenvalue weighted by molar-refractivity contribution is 0.102. The van der Waals surface area contributed by atoms with Crippen molar-refractivity contribution in [2.75, 3.05) is 17.7 Å². The maximum atomic E-state index is 12.0. The molecule has 1 amide bonds. The summed E-state index contributed by atoms with van der Waals surface area (Å²) in [6.45, 7) is 0. The SMILES string of the molecule is CNc1cnccc1C(=O)Nc1ccccn1. The van der Waals surface area contributed by atoms with E-state index in [0.717, 1.165) is 0 Å². The first-order chi connectivity index (χ1) is 8.31. The molecule has 0 aromatic carbocycles. The van der Waals surface area contributed by atoms with Crippen molar-refractivity contribution in [2.24, 2.45) is 0 Å². The van der Waals surface area contributed by atoms with Crippen molar-refractivity contribution in [3.63, 3.8) is 0 Å². The van der Waals surface area contributed by atoms with E-state index in [1.807, 2.05) is 6.07 Å². The molecule has 0 spiro atoms. The fraction of sp³-hybridized carbons (Fsp3) is 0.0833. The van der Waals surface area contributed by atoms with Crippen LogP contribution in [0.3, 0.4) is 0 Å². The molecule has 2 rings (SSSR count). The third kappa shape index (κ3) is 2.57. The van der Waals surface area contributed by atoms with E-state index in [9.17, 15) is 4.79 Å². The molecule has 2 aromatic heterocycles. The molecule has 5 heteroatoms. The highest BCUT2D eigenvalue weighted by atomic mass is 16.1. The molecule has 0 aliphatic rings. The van der Waals surface area contributed by atoms with Gasteiger partial charge in [-0.2, -0.15) is 0 Å². The van der Waals surface area contributed by atoms with Gasteiger partial charge >= 0.3 is 0 Å². The summed E-state index contributed by atoms with van der Waals surface area (Å²) in [4.78, 5) is 20.0. The van der Waals surface area contributed by atoms with Gasteiger partial charge in [0, 0.05) is 19.4 Å². The van der Waals surface area contributed by atoms with E-state index < -0.39 is 0 Å². The molecule has 0 bridgehead atoms. The molecular weight excluding hydrogens is 216 g/mol. The Balaban J connectivity index is 2.20. The molecular formula is C12H12N4O. The first-order valence-electron chi connectivity index (χ1n) is 5.15. The molecule has 0 fully saturated rings. The first kappa shape index (κ1) is 11.1. The highest BCUT2D eigenvalue weighted by molar-refractivity contribution is 6.07. The van der Waals surface area contributed by atoms with Crippen LogP contribution >= 0.6 is 0 Å². The smallest absolute Gasteiger partial charge is 0.259 e. The zero-order chi connectivity index (χ0) is 12.1. The van der Waals surface area contributed by atoms with Crippen LogP contribution in [0.1, 0.15) is 10.4 Å². The highest BCUT2D eigenvalue weighted by Gasteiger charge is 2.10. The van der Waals surface area contributed by atoms with Crippen LogP contribution in [-0.4, -0.2) is 22.9 Å². The van der Waals surface area contributed by atoms with Crippen molar-refractivity contribution >= 4 is 17.4 Å². The minimum atomic E-state index is -0.213. The summed E-state index contributed by atoms with van der Waals surface area (Å²) in [5, 5.41) is 5.63. The predicted octanol–water partition coefficient (Wildman–Crippen LogP) is 1.77. The van der Waals surface area contributed by atoms with Gasteiger partial charge in [-0.3, -0.25) is 9.78 Å². The maximum absolute atomic E-state index is 12.0. The number of hydrogen-bond acceptors (Lipinski definition) is 4. The summed E-state index contributed by atoms with van der Waals surface area (Å²) in [6.07, 6.45) is 4.81. The summed E-state index contributed by atoms with van der Waals surface area (Å²) in [5.41, 5.74) is 1.22. The standard InChI is InChI=1S/C12H12N4O/c1-13-10-8-14-7-5-9(10)12(17)16-11-4-2-3-6-15-11/h2-8,13H,1H3,(H,15,16,17). The van der Waals surface area contributed by atoms with Gasteiger partial charge in [0.2, 0.25) is 0 Å². The van der Waals surface area contributed by atoms with Gasteiger partial charge in [0.05, 0.1) is 17.4 Å². The van der Waals surface area contributed by atoms with Crippen molar-refractivity contribution in [1.29, 1.82) is 0 Å². The highest BCUT2D eigenvalue weighted by Crippen LogP contribution is 2.14. The topological polar surface area (TPSA) is 66.9 Å². The lowest BCUT2D eigenvalue weighted by Gasteiger charge is -2.08. The molecule has 0 unspecified atom stereocenters. The normalized spacial score (nSPS) is 9.71. The summed E-state index contributed by atoms with van der Waals surface area (Å²) < 4.78 is 0. The Hall–Kier alpha value is -2.43. The number of pyridine rings is 2. The number of nitrogens with one attached hydrogen (secondary N) is 2. The largest absolute Gasteiger partial charge is 0.386 e. The van der Waals surface area contributed by atoms with Crippen LogP contribution in [0.25, 0.3) is 0 Å². The number of anilines is 2. The lowest BCUT2D eigenvalue weighted by atomic mass is 10.2. The van der Waals surface area contributed by atoms with Crippen LogP contribution in [-0.2, 0) is 0 Å². The Kier molecular flexibility index (Phi) is 3.30. The third-order valence-corrected chi connectivity index (χ3v) is 2.24. The second-order valence-corrected chi connectivity index (χ2v) is 3.34. The van der Waals surface area contributed by atoms with E-state index in [4.69, 9.17) is 0 Å². The molecule has 86 valence electrons. The Morgan fingerprint density at radius 3 is 2.82 bits per heavy atom. The quantitative estimate of drug-likeness (QED) is 0.840. The molecule has 0 saturated carbocycles. The molecule has 5 nitrogen and oxygen atoms in total. The Morgan fingerprint density at radius 2 is 2.12 bits per heavy atom. The summed E-state index contributed by atoms with van der Waals surface area (Å²) in [5.74, 6) is 0.312. The second kappa shape index (κ2) is 5.07. The number of carbonyl (C=O) groups excluding carboxylic acids is 1. The number of hydrogen-bond donors (Lipinski definition) is 2. The van der Waals surface area contributed by atoms with Crippen LogP contribution in [0.5, 0.6) is 0 Å². The van der Waals surface area contributed by atoms with Gasteiger partial charge in [0.25, 0.3) is 5.91 Å². The minimum Gasteiger partial charge on any atom is -0.386 e. The third-order valence-electron chi connectivity index (χ3n) is 2.24. The Labute approximate surface area is 98.9 Å². The monoisotopic (exact) mass is 228 g/mol. The predicted molar refractivity (Wildman–Crippen MR) is 66.0 cm³/mol. The molecule has 2 heterocycles. The van der Waals surface area contributed by atoms with Crippen molar-refractivity contribution in [2.45, 2.75) is 0 Å². The van der Waals surface area contributed by atoms with Gasteiger partial charge < -0.3 is 10.6 Å². The zero-order valence-corrected chi connectivity index (χ0v) is 9.34. The van der Waals surface area contributed by atoms with Gasteiger partial charge in [-0.15, -0.1) is 0 Å². The number of rotatable bonds is 3. The summed E-state index contributed by atoms with van der Waals surface area (Å²) >= 11 is 0. The number of carbonyl (C=O) groups is 1. The Morgan fingerprint density at radius 1 is 1.24 bits per heavy atom. The van der Waals surface area contributed by atoms with E-state index in [1.165, 1.54) is 0 Å². The van der Waals surface area contributed by atoms with Crippen molar-refractivity contribution < 1.29 is 4.79 Å². The average Bonchev–Trinajstić information content (AvgIpc) is 2.40. The summed E-state index contributed by atoms with van der Waals surface area (Å²) in [6, 6.07) is 7.00. The number of nitrogens with zero attached hydrogens (tertiary/aromatic N) is 2. The lowest BCUT2D eigenvalue weighted by Crippen LogP contribution is -2.14. The molecule has 0 radical (unpaired) electrons. The van der Waals surface area contributed by atoms with E-state index in [1.54, 1.807) is 43.8 Å². The van der Waals surface area contributed by atoms with Crippen molar-refractivity contribution in [3.8, 4) is 0 Å². The summed E-state index contributed by atoms with van der Waals surface area (Å²) in [7, 11) is 1.74. The van der Waals surface area contributed by atoms with Gasteiger partial charge in [-0.05, 0) is 18.2 Å². The first-order valence-corrected chi connectivity index (χ1v) is 5.15. The molecule has 17 heavy (non-hydrogen) atoms. The van der Waals surface area contributed by atoms with Crippen LogP contribution < -0.4 is 10.6 Å². The van der Waals surface area contributed by atoms with Crippen LogP contribution in [0.15, 0.2) is 42.9 Å². The fourth-order valence-electron chi connectivity index (χ4n) is 1.41. The van der Waals surface area contributed by atoms with Gasteiger partial charge in [-0.1, -0.05) is 6.07 Å².